The van der Waals surface area contributed by atoms with Crippen molar-refractivity contribution in [3.63, 3.8) is 0 Å². The number of carbonyl (C=O) groups excluding carboxylic acids is 1. The molecule has 1 aromatic carbocycles. The van der Waals surface area contributed by atoms with Crippen LogP contribution >= 0.6 is 9.24 Å². The van der Waals surface area contributed by atoms with Crippen LogP contribution in [0.15, 0.2) is 30.3 Å². The molecule has 0 spiro atoms. The summed E-state index contributed by atoms with van der Waals surface area (Å²) >= 11 is 0. The third kappa shape index (κ3) is 6.59. The maximum atomic E-state index is 11.8. The van der Waals surface area contributed by atoms with Gasteiger partial charge in [0.15, 0.2) is 14.6 Å². The maximum absolute atomic E-state index is 11.8. The van der Waals surface area contributed by atoms with Crippen molar-refractivity contribution in [2.24, 2.45) is 0 Å². The Morgan fingerprint density at radius 2 is 1.90 bits per heavy atom. The number of rotatable bonds is 9. The summed E-state index contributed by atoms with van der Waals surface area (Å²) in [6.07, 6.45) is -1.22. The number of nitrogens with one attached hydrogen (secondary N) is 1. The average Bonchev–Trinajstić information content (AvgIpc) is 3.01. The van der Waals surface area contributed by atoms with Crippen LogP contribution in [-0.2, 0) is 30.0 Å². The molecule has 0 bridgehead atoms. The first-order valence-corrected chi connectivity index (χ1v) is 14.0. The maximum Gasteiger partial charge on any atom is 0.217 e. The molecule has 1 aliphatic rings. The zero-order chi connectivity index (χ0) is 22.5. The van der Waals surface area contributed by atoms with E-state index >= 15 is 0 Å². The van der Waals surface area contributed by atoms with E-state index in [2.05, 4.69) is 48.4 Å². The van der Waals surface area contributed by atoms with Crippen LogP contribution in [0.5, 0.6) is 0 Å². The van der Waals surface area contributed by atoms with E-state index in [0.29, 0.717) is 13.2 Å². The van der Waals surface area contributed by atoms with Gasteiger partial charge in [-0.15, -0.1) is 9.24 Å². The molecule has 1 aromatic rings. The fourth-order valence-corrected chi connectivity index (χ4v) is 4.83. The van der Waals surface area contributed by atoms with Gasteiger partial charge in [0.05, 0.1) is 12.7 Å². The van der Waals surface area contributed by atoms with Crippen molar-refractivity contribution >= 4 is 23.5 Å². The van der Waals surface area contributed by atoms with Crippen molar-refractivity contribution in [2.45, 2.75) is 82.6 Å². The molecule has 0 radical (unpaired) electrons. The van der Waals surface area contributed by atoms with Crippen molar-refractivity contribution in [1.82, 2.24) is 5.32 Å². The molecule has 1 N–H and O–H groups in total. The minimum atomic E-state index is -1.89. The lowest BCUT2D eigenvalue weighted by atomic mass is 10.1. The third-order valence-electron chi connectivity index (χ3n) is 6.01. The molecule has 8 heteroatoms. The van der Waals surface area contributed by atoms with E-state index in [1.54, 1.807) is 7.11 Å². The summed E-state index contributed by atoms with van der Waals surface area (Å²) in [6.45, 7) is 13.6. The van der Waals surface area contributed by atoms with Crippen molar-refractivity contribution in [2.75, 3.05) is 13.7 Å². The fraction of sp³-hybridized carbons (Fsp3) is 0.682. The summed E-state index contributed by atoms with van der Waals surface area (Å²) < 4.78 is 24.4. The first kappa shape index (κ1) is 25.4. The molecule has 1 saturated heterocycles. The minimum absolute atomic E-state index is 0.00342. The number of carbonyl (C=O) groups is 1. The predicted molar refractivity (Wildman–Crippen MR) is 125 cm³/mol. The summed E-state index contributed by atoms with van der Waals surface area (Å²) in [5.74, 6) is -0.141. The number of methoxy groups -OCH3 is 1. The highest BCUT2D eigenvalue weighted by Gasteiger charge is 2.49. The van der Waals surface area contributed by atoms with Crippen LogP contribution in [0.25, 0.3) is 0 Å². The summed E-state index contributed by atoms with van der Waals surface area (Å²) in [5, 5.41) is 3.09. The van der Waals surface area contributed by atoms with Gasteiger partial charge >= 0.3 is 0 Å². The van der Waals surface area contributed by atoms with Gasteiger partial charge in [0.2, 0.25) is 5.91 Å². The second-order valence-electron chi connectivity index (χ2n) is 9.43. The molecule has 2 rings (SSSR count). The number of hydrogen-bond acceptors (Lipinski definition) is 5. The molecule has 1 unspecified atom stereocenters. The third-order valence-corrected chi connectivity index (χ3v) is 11.1. The summed E-state index contributed by atoms with van der Waals surface area (Å²) in [6, 6.07) is 9.59. The lowest BCUT2D eigenvalue weighted by Crippen LogP contribution is -2.50. The lowest BCUT2D eigenvalue weighted by Gasteiger charge is -2.38. The normalized spacial score (nSPS) is 25.9. The Bertz CT molecular complexity index is 682. The molecule has 30 heavy (non-hydrogen) atoms. The number of benzene rings is 1. The lowest BCUT2D eigenvalue weighted by molar-refractivity contribution is -0.134. The molecule has 0 saturated carbocycles. The van der Waals surface area contributed by atoms with Crippen molar-refractivity contribution in [3.8, 4) is 0 Å². The standard InChI is InChI=1S/C22H38NO5PSi/c1-15(24)23-18-20(26-13-16-11-9-8-10-12-16)19(28-21(18)25-5)17(29)14-27-30(6,7)22(2,3)4/h8-12,17-21H,13-14,29H2,1-7H3,(H,23,24)/t17-,18-,19-,20-,21-/m1/s1. The molecule has 1 fully saturated rings. The van der Waals surface area contributed by atoms with Gasteiger partial charge in [-0.1, -0.05) is 51.1 Å². The largest absolute Gasteiger partial charge is 0.416 e. The molecule has 170 valence electrons. The Labute approximate surface area is 184 Å². The fourth-order valence-electron chi connectivity index (χ4n) is 3.19. The second-order valence-corrected chi connectivity index (χ2v) is 15.1. The SMILES string of the molecule is CO[C@@H]1O[C@H]([C@H](P)CO[Si](C)(C)C(C)(C)C)[C@H](OCc2ccccc2)[C@H]1NC(C)=O. The molecule has 6 atom stereocenters. The van der Waals surface area contributed by atoms with Gasteiger partial charge in [-0.05, 0) is 23.7 Å². The quantitative estimate of drug-likeness (QED) is 0.454. The van der Waals surface area contributed by atoms with Gasteiger partial charge in [0.25, 0.3) is 0 Å². The zero-order valence-electron chi connectivity index (χ0n) is 19.3. The van der Waals surface area contributed by atoms with E-state index in [1.165, 1.54) is 6.92 Å². The second kappa shape index (κ2) is 10.7. The van der Waals surface area contributed by atoms with Crippen molar-refractivity contribution < 1.29 is 23.4 Å². The minimum Gasteiger partial charge on any atom is -0.416 e. The van der Waals surface area contributed by atoms with Crippen LogP contribution < -0.4 is 5.32 Å². The Balaban J connectivity index is 2.15. The van der Waals surface area contributed by atoms with E-state index in [1.807, 2.05) is 30.3 Å². The number of amides is 1. The Hall–Kier alpha value is -0.823. The van der Waals surface area contributed by atoms with Crippen LogP contribution in [0.2, 0.25) is 18.1 Å². The van der Waals surface area contributed by atoms with Gasteiger partial charge in [-0.2, -0.15) is 0 Å². The van der Waals surface area contributed by atoms with Gasteiger partial charge < -0.3 is 24.0 Å². The molecular formula is C22H38NO5PSi. The Morgan fingerprint density at radius 3 is 2.43 bits per heavy atom. The van der Waals surface area contributed by atoms with Crippen LogP contribution in [-0.4, -0.2) is 58.1 Å². The van der Waals surface area contributed by atoms with Crippen LogP contribution in [0, 0.1) is 0 Å². The van der Waals surface area contributed by atoms with E-state index in [-0.39, 0.29) is 28.8 Å². The first-order valence-electron chi connectivity index (χ1n) is 10.5. The van der Waals surface area contributed by atoms with E-state index in [9.17, 15) is 4.79 Å². The Morgan fingerprint density at radius 1 is 1.27 bits per heavy atom. The van der Waals surface area contributed by atoms with Gasteiger partial charge in [0, 0.05) is 26.3 Å². The zero-order valence-corrected chi connectivity index (χ0v) is 21.5. The molecule has 1 heterocycles. The highest BCUT2D eigenvalue weighted by atomic mass is 31.0. The highest BCUT2D eigenvalue weighted by Crippen LogP contribution is 2.38. The molecular weight excluding hydrogens is 417 g/mol. The highest BCUT2D eigenvalue weighted by molar-refractivity contribution is 7.17. The monoisotopic (exact) mass is 455 g/mol. The molecule has 1 amide bonds. The Kier molecular flexibility index (Phi) is 9.04. The molecule has 0 aliphatic carbocycles. The summed E-state index contributed by atoms with van der Waals surface area (Å²) in [5.41, 5.74) is 1.06. The predicted octanol–water partition coefficient (Wildman–Crippen LogP) is 3.71. The molecule has 1 aliphatic heterocycles. The van der Waals surface area contributed by atoms with Crippen LogP contribution in [0.4, 0.5) is 0 Å². The number of hydrogen-bond donors (Lipinski definition) is 1. The van der Waals surface area contributed by atoms with Gasteiger partial charge in [-0.25, -0.2) is 0 Å². The molecule has 6 nitrogen and oxygen atoms in total. The van der Waals surface area contributed by atoms with E-state index in [0.717, 1.165) is 5.56 Å². The van der Waals surface area contributed by atoms with Crippen LogP contribution in [0.3, 0.4) is 0 Å². The van der Waals surface area contributed by atoms with Crippen molar-refractivity contribution in [3.05, 3.63) is 35.9 Å². The average molecular weight is 456 g/mol. The van der Waals surface area contributed by atoms with Gasteiger partial charge in [-0.3, -0.25) is 4.79 Å². The van der Waals surface area contributed by atoms with E-state index in [4.69, 9.17) is 18.6 Å². The summed E-state index contributed by atoms with van der Waals surface area (Å²) in [7, 11) is 2.54. The van der Waals surface area contributed by atoms with E-state index < -0.39 is 20.6 Å². The first-order chi connectivity index (χ1) is 14.0. The molecule has 0 aromatic heterocycles. The smallest absolute Gasteiger partial charge is 0.217 e. The van der Waals surface area contributed by atoms with Gasteiger partial charge in [0.1, 0.15) is 12.1 Å². The number of ether oxygens (including phenoxy) is 3. The summed E-state index contributed by atoms with van der Waals surface area (Å²) in [4.78, 5) is 11.8. The topological polar surface area (TPSA) is 66.0 Å². The van der Waals surface area contributed by atoms with Crippen molar-refractivity contribution in [1.29, 1.82) is 0 Å². The van der Waals surface area contributed by atoms with Crippen LogP contribution in [0.1, 0.15) is 33.3 Å².